The molecule has 1 aliphatic heterocycles. The molecule has 5 aromatic rings. The van der Waals surface area contributed by atoms with E-state index in [1.165, 1.54) is 0 Å². The van der Waals surface area contributed by atoms with Crippen molar-refractivity contribution in [1.29, 1.82) is 0 Å². The predicted octanol–water partition coefficient (Wildman–Crippen LogP) is 3.84. The minimum absolute atomic E-state index is 0.0248. The summed E-state index contributed by atoms with van der Waals surface area (Å²) in [6.07, 6.45) is 3.68. The maximum atomic E-state index is 12.5. The second-order valence-electron chi connectivity index (χ2n) is 7.30. The number of amides is 1. The molecular weight excluding hydrogens is 376 g/mol. The SMILES string of the molecule is O=C1C[C@@H](c2cccc3nccnc23)c2c(ccc3nn(-c4ccccc4)nc23)N1. The van der Waals surface area contributed by atoms with Gasteiger partial charge in [0, 0.05) is 36.0 Å². The number of rotatable bonds is 2. The van der Waals surface area contributed by atoms with Crippen molar-refractivity contribution in [2.45, 2.75) is 12.3 Å². The molecule has 0 saturated carbocycles. The number of anilines is 1. The molecule has 7 nitrogen and oxygen atoms in total. The van der Waals surface area contributed by atoms with Gasteiger partial charge in [-0.1, -0.05) is 30.3 Å². The van der Waals surface area contributed by atoms with Gasteiger partial charge in [-0.3, -0.25) is 14.8 Å². The zero-order valence-corrected chi connectivity index (χ0v) is 15.9. The van der Waals surface area contributed by atoms with Gasteiger partial charge in [-0.25, -0.2) is 0 Å². The molecule has 30 heavy (non-hydrogen) atoms. The predicted molar refractivity (Wildman–Crippen MR) is 113 cm³/mol. The molecule has 1 amide bonds. The lowest BCUT2D eigenvalue weighted by atomic mass is 9.83. The van der Waals surface area contributed by atoms with E-state index in [2.05, 4.69) is 20.4 Å². The topological polar surface area (TPSA) is 85.6 Å². The third-order valence-electron chi connectivity index (χ3n) is 5.50. The molecule has 1 atom stereocenters. The number of nitrogens with one attached hydrogen (secondary N) is 1. The molecule has 144 valence electrons. The minimum atomic E-state index is -0.182. The van der Waals surface area contributed by atoms with Crippen molar-refractivity contribution in [3.63, 3.8) is 0 Å². The monoisotopic (exact) mass is 392 g/mol. The van der Waals surface area contributed by atoms with Crippen LogP contribution in [0.5, 0.6) is 0 Å². The van der Waals surface area contributed by atoms with E-state index in [0.717, 1.165) is 44.6 Å². The summed E-state index contributed by atoms with van der Waals surface area (Å²) < 4.78 is 0. The van der Waals surface area contributed by atoms with E-state index in [4.69, 9.17) is 5.10 Å². The molecule has 0 unspecified atom stereocenters. The zero-order valence-electron chi connectivity index (χ0n) is 15.9. The van der Waals surface area contributed by atoms with E-state index in [1.807, 2.05) is 60.7 Å². The van der Waals surface area contributed by atoms with Crippen molar-refractivity contribution in [2.24, 2.45) is 0 Å². The van der Waals surface area contributed by atoms with E-state index in [0.29, 0.717) is 6.42 Å². The summed E-state index contributed by atoms with van der Waals surface area (Å²) in [5.41, 5.74) is 6.76. The summed E-state index contributed by atoms with van der Waals surface area (Å²) in [6.45, 7) is 0. The number of nitrogens with zero attached hydrogens (tertiary/aromatic N) is 5. The number of hydrogen-bond donors (Lipinski definition) is 1. The molecule has 7 heteroatoms. The lowest BCUT2D eigenvalue weighted by Gasteiger charge is -2.26. The highest BCUT2D eigenvalue weighted by Gasteiger charge is 2.31. The second-order valence-corrected chi connectivity index (χ2v) is 7.30. The Kier molecular flexibility index (Phi) is 3.61. The highest BCUT2D eigenvalue weighted by Crippen LogP contribution is 2.42. The standard InChI is InChI=1S/C23H16N6O/c30-20-13-16(15-7-4-8-18-22(15)25-12-11-24-18)21-17(26-20)9-10-19-23(21)28-29(27-19)14-5-2-1-3-6-14/h1-12,16H,13H2,(H,26,30)/t16-/m0/s1. The maximum absolute atomic E-state index is 12.5. The van der Waals surface area contributed by atoms with Crippen LogP contribution in [-0.2, 0) is 4.79 Å². The van der Waals surface area contributed by atoms with Gasteiger partial charge in [0.25, 0.3) is 0 Å². The molecule has 1 aliphatic rings. The number of para-hydroxylation sites is 2. The number of benzene rings is 3. The van der Waals surface area contributed by atoms with Gasteiger partial charge in [-0.15, -0.1) is 10.2 Å². The maximum Gasteiger partial charge on any atom is 0.225 e. The van der Waals surface area contributed by atoms with E-state index in [-0.39, 0.29) is 11.8 Å². The summed E-state index contributed by atoms with van der Waals surface area (Å²) >= 11 is 0. The third kappa shape index (κ3) is 2.56. The molecule has 3 heterocycles. The average molecular weight is 392 g/mol. The van der Waals surface area contributed by atoms with Crippen LogP contribution in [-0.4, -0.2) is 30.9 Å². The molecule has 1 N–H and O–H groups in total. The first-order valence-corrected chi connectivity index (χ1v) is 9.73. The molecule has 2 aromatic heterocycles. The largest absolute Gasteiger partial charge is 0.326 e. The second kappa shape index (κ2) is 6.45. The molecule has 6 rings (SSSR count). The fourth-order valence-electron chi connectivity index (χ4n) is 4.19. The Morgan fingerprint density at radius 2 is 1.70 bits per heavy atom. The van der Waals surface area contributed by atoms with Crippen LogP contribution in [0.25, 0.3) is 27.8 Å². The van der Waals surface area contributed by atoms with Gasteiger partial charge in [0.2, 0.25) is 5.91 Å². The first-order chi connectivity index (χ1) is 14.8. The quantitative estimate of drug-likeness (QED) is 0.493. The molecule has 0 radical (unpaired) electrons. The third-order valence-corrected chi connectivity index (χ3v) is 5.50. The van der Waals surface area contributed by atoms with E-state index < -0.39 is 0 Å². The summed E-state index contributed by atoms with van der Waals surface area (Å²) in [7, 11) is 0. The number of aromatic nitrogens is 5. The van der Waals surface area contributed by atoms with E-state index in [9.17, 15) is 4.79 Å². The van der Waals surface area contributed by atoms with Crippen LogP contribution >= 0.6 is 0 Å². The number of carbonyl (C=O) groups excluding carboxylic acids is 1. The molecule has 0 saturated heterocycles. The van der Waals surface area contributed by atoms with Gasteiger partial charge in [0.1, 0.15) is 11.0 Å². The zero-order chi connectivity index (χ0) is 20.1. The van der Waals surface area contributed by atoms with Crippen LogP contribution in [0.3, 0.4) is 0 Å². The first kappa shape index (κ1) is 16.8. The van der Waals surface area contributed by atoms with Crippen LogP contribution in [0.1, 0.15) is 23.5 Å². The van der Waals surface area contributed by atoms with E-state index >= 15 is 0 Å². The molecule has 0 fully saturated rings. The molecule has 0 aliphatic carbocycles. The Bertz CT molecular complexity index is 1420. The van der Waals surface area contributed by atoms with E-state index in [1.54, 1.807) is 17.2 Å². The first-order valence-electron chi connectivity index (χ1n) is 9.73. The Hall–Kier alpha value is -4.13. The fraction of sp³-hybridized carbons (Fsp3) is 0.0870. The molecule has 0 bridgehead atoms. The number of carbonyl (C=O) groups is 1. The summed E-state index contributed by atoms with van der Waals surface area (Å²) in [6, 6.07) is 19.5. The van der Waals surface area contributed by atoms with Crippen LogP contribution < -0.4 is 5.32 Å². The van der Waals surface area contributed by atoms with Gasteiger partial charge < -0.3 is 5.32 Å². The van der Waals surface area contributed by atoms with Crippen molar-refractivity contribution in [3.05, 3.63) is 84.2 Å². The fourth-order valence-corrected chi connectivity index (χ4v) is 4.19. The highest BCUT2D eigenvalue weighted by atomic mass is 16.1. The minimum Gasteiger partial charge on any atom is -0.326 e. The van der Waals surface area contributed by atoms with Gasteiger partial charge >= 0.3 is 0 Å². The van der Waals surface area contributed by atoms with Crippen LogP contribution in [0.4, 0.5) is 5.69 Å². The highest BCUT2D eigenvalue weighted by molar-refractivity contribution is 6.00. The van der Waals surface area contributed by atoms with Crippen molar-refractivity contribution < 1.29 is 4.79 Å². The molecule has 3 aromatic carbocycles. The van der Waals surface area contributed by atoms with Crippen LogP contribution in [0.15, 0.2) is 73.1 Å². The van der Waals surface area contributed by atoms with Crippen LogP contribution in [0, 0.1) is 0 Å². The Morgan fingerprint density at radius 1 is 0.833 bits per heavy atom. The Balaban J connectivity index is 1.61. The summed E-state index contributed by atoms with van der Waals surface area (Å²) in [5, 5.41) is 12.5. The van der Waals surface area contributed by atoms with Gasteiger partial charge in [0.15, 0.2) is 0 Å². The van der Waals surface area contributed by atoms with Crippen molar-refractivity contribution in [3.8, 4) is 5.69 Å². The number of hydrogen-bond acceptors (Lipinski definition) is 5. The smallest absolute Gasteiger partial charge is 0.225 e. The summed E-state index contributed by atoms with van der Waals surface area (Å²) in [4.78, 5) is 23.1. The average Bonchev–Trinajstić information content (AvgIpc) is 3.23. The Labute approximate surface area is 171 Å². The van der Waals surface area contributed by atoms with Gasteiger partial charge in [-0.2, -0.15) is 4.80 Å². The van der Waals surface area contributed by atoms with Crippen LogP contribution in [0.2, 0.25) is 0 Å². The van der Waals surface area contributed by atoms with Crippen molar-refractivity contribution >= 4 is 33.7 Å². The van der Waals surface area contributed by atoms with Crippen molar-refractivity contribution in [1.82, 2.24) is 25.0 Å². The lowest BCUT2D eigenvalue weighted by Crippen LogP contribution is -2.24. The summed E-state index contributed by atoms with van der Waals surface area (Å²) in [5.74, 6) is -0.207. The Morgan fingerprint density at radius 3 is 2.60 bits per heavy atom. The van der Waals surface area contributed by atoms with Crippen molar-refractivity contribution in [2.75, 3.05) is 5.32 Å². The van der Waals surface area contributed by atoms with Gasteiger partial charge in [0.05, 0.1) is 16.7 Å². The van der Waals surface area contributed by atoms with Gasteiger partial charge in [-0.05, 0) is 35.9 Å². The molecule has 0 spiro atoms. The molecular formula is C23H16N6O. The lowest BCUT2D eigenvalue weighted by molar-refractivity contribution is -0.116. The number of fused-ring (bicyclic) bond motifs is 4. The normalized spacial score (nSPS) is 15.9.